The number of carbonyl (C=O) groups is 1. The third-order valence-electron chi connectivity index (χ3n) is 2.03. The van der Waals surface area contributed by atoms with Crippen LogP contribution in [0.2, 0.25) is 0 Å². The molecule has 4 heteroatoms. The molecule has 1 unspecified atom stereocenters. The Labute approximate surface area is 94.7 Å². The van der Waals surface area contributed by atoms with E-state index in [1.807, 2.05) is 37.3 Å². The lowest BCUT2D eigenvalue weighted by atomic mass is 10.1. The molecule has 0 fully saturated rings. The summed E-state index contributed by atoms with van der Waals surface area (Å²) in [7, 11) is 0. The van der Waals surface area contributed by atoms with Crippen LogP contribution < -0.4 is 11.1 Å². The zero-order valence-electron chi connectivity index (χ0n) is 8.57. The van der Waals surface area contributed by atoms with E-state index in [1.165, 1.54) is 0 Å². The smallest absolute Gasteiger partial charge is 0.225 e. The average molecular weight is 222 g/mol. The first-order valence-electron chi connectivity index (χ1n) is 4.74. The highest BCUT2D eigenvalue weighted by molar-refractivity contribution is 7.80. The van der Waals surface area contributed by atoms with Crippen molar-refractivity contribution in [3.63, 3.8) is 0 Å². The van der Waals surface area contributed by atoms with Gasteiger partial charge in [0.2, 0.25) is 5.91 Å². The monoisotopic (exact) mass is 222 g/mol. The van der Waals surface area contributed by atoms with Gasteiger partial charge in [-0.25, -0.2) is 0 Å². The molecule has 1 rings (SSSR count). The van der Waals surface area contributed by atoms with E-state index in [2.05, 4.69) is 5.32 Å². The van der Waals surface area contributed by atoms with Crippen molar-refractivity contribution in [3.8, 4) is 0 Å². The fraction of sp³-hybridized carbons (Fsp3) is 0.273. The summed E-state index contributed by atoms with van der Waals surface area (Å²) in [6.45, 7) is 1.84. The summed E-state index contributed by atoms with van der Waals surface area (Å²) in [6.07, 6.45) is 0.324. The van der Waals surface area contributed by atoms with Crippen LogP contribution in [0, 0.1) is 5.92 Å². The first-order chi connectivity index (χ1) is 7.09. The highest BCUT2D eigenvalue weighted by atomic mass is 32.1. The molecule has 0 aromatic heterocycles. The Morgan fingerprint density at radius 1 is 1.47 bits per heavy atom. The number of hydrogen-bond acceptors (Lipinski definition) is 2. The topological polar surface area (TPSA) is 55.1 Å². The van der Waals surface area contributed by atoms with Crippen LogP contribution in [0.3, 0.4) is 0 Å². The molecule has 0 aliphatic rings. The van der Waals surface area contributed by atoms with Crippen LogP contribution in [0.15, 0.2) is 30.3 Å². The van der Waals surface area contributed by atoms with E-state index < -0.39 is 0 Å². The number of benzene rings is 1. The fourth-order valence-corrected chi connectivity index (χ4v) is 1.20. The molecule has 0 saturated heterocycles. The highest BCUT2D eigenvalue weighted by Crippen LogP contribution is 2.08. The van der Waals surface area contributed by atoms with Gasteiger partial charge in [-0.05, 0) is 12.1 Å². The number of hydrogen-bond donors (Lipinski definition) is 2. The quantitative estimate of drug-likeness (QED) is 0.765. The molecule has 80 valence electrons. The van der Waals surface area contributed by atoms with Crippen molar-refractivity contribution in [1.29, 1.82) is 0 Å². The average Bonchev–Trinajstić information content (AvgIpc) is 2.18. The molecule has 15 heavy (non-hydrogen) atoms. The van der Waals surface area contributed by atoms with Crippen molar-refractivity contribution in [2.45, 2.75) is 13.3 Å². The number of thiocarbonyl (C=S) groups is 1. The normalized spacial score (nSPS) is 11.8. The summed E-state index contributed by atoms with van der Waals surface area (Å²) >= 11 is 4.80. The predicted octanol–water partition coefficient (Wildman–Crippen LogP) is 1.94. The summed E-state index contributed by atoms with van der Waals surface area (Å²) in [6, 6.07) is 9.30. The summed E-state index contributed by atoms with van der Waals surface area (Å²) in [4.78, 5) is 11.9. The molecule has 3 N–H and O–H groups in total. The first kappa shape index (κ1) is 11.7. The highest BCUT2D eigenvalue weighted by Gasteiger charge is 2.10. The molecule has 1 aromatic carbocycles. The summed E-state index contributed by atoms with van der Waals surface area (Å²) in [5.41, 5.74) is 6.22. The van der Waals surface area contributed by atoms with Crippen LogP contribution in [0.4, 0.5) is 5.69 Å². The number of carbonyl (C=O) groups excluding carboxylic acids is 1. The second-order valence-corrected chi connectivity index (χ2v) is 3.89. The lowest BCUT2D eigenvalue weighted by molar-refractivity contribution is -0.116. The summed E-state index contributed by atoms with van der Waals surface area (Å²) in [5, 5.41) is 2.77. The van der Waals surface area contributed by atoms with Crippen LogP contribution in [0.5, 0.6) is 0 Å². The second-order valence-electron chi connectivity index (χ2n) is 3.42. The Kier molecular flexibility index (Phi) is 4.24. The zero-order chi connectivity index (χ0) is 11.3. The molecule has 3 nitrogen and oxygen atoms in total. The van der Waals surface area contributed by atoms with Crippen molar-refractivity contribution in [2.24, 2.45) is 11.7 Å². The number of amides is 1. The molecule has 0 radical (unpaired) electrons. The van der Waals surface area contributed by atoms with Gasteiger partial charge >= 0.3 is 0 Å². The maximum Gasteiger partial charge on any atom is 0.225 e. The molecule has 1 amide bonds. The Morgan fingerprint density at radius 3 is 2.60 bits per heavy atom. The van der Waals surface area contributed by atoms with Gasteiger partial charge in [0.25, 0.3) is 0 Å². The van der Waals surface area contributed by atoms with E-state index in [4.69, 9.17) is 18.0 Å². The molecule has 0 spiro atoms. The predicted molar refractivity (Wildman–Crippen MR) is 65.6 cm³/mol. The van der Waals surface area contributed by atoms with Crippen molar-refractivity contribution in [2.75, 3.05) is 5.32 Å². The van der Waals surface area contributed by atoms with Gasteiger partial charge in [-0.2, -0.15) is 0 Å². The molecule has 0 aliphatic heterocycles. The number of nitrogens with one attached hydrogen (secondary N) is 1. The van der Waals surface area contributed by atoms with Gasteiger partial charge in [0, 0.05) is 18.0 Å². The molecular weight excluding hydrogens is 208 g/mol. The molecule has 1 atom stereocenters. The fourth-order valence-electron chi connectivity index (χ4n) is 1.11. The van der Waals surface area contributed by atoms with Crippen LogP contribution in [-0.2, 0) is 4.79 Å². The van der Waals surface area contributed by atoms with Crippen LogP contribution >= 0.6 is 12.2 Å². The van der Waals surface area contributed by atoms with Crippen molar-refractivity contribution < 1.29 is 4.79 Å². The number of rotatable bonds is 4. The van der Waals surface area contributed by atoms with E-state index in [0.717, 1.165) is 5.69 Å². The summed E-state index contributed by atoms with van der Waals surface area (Å²) < 4.78 is 0. The molecule has 0 heterocycles. The van der Waals surface area contributed by atoms with E-state index >= 15 is 0 Å². The number of para-hydroxylation sites is 1. The largest absolute Gasteiger partial charge is 0.393 e. The van der Waals surface area contributed by atoms with E-state index in [1.54, 1.807) is 0 Å². The Hall–Kier alpha value is -1.42. The Bertz CT molecular complexity index is 351. The lowest BCUT2D eigenvalue weighted by Gasteiger charge is -2.09. The van der Waals surface area contributed by atoms with Crippen molar-refractivity contribution in [1.82, 2.24) is 0 Å². The van der Waals surface area contributed by atoms with Gasteiger partial charge in [-0.1, -0.05) is 37.3 Å². The standard InChI is InChI=1S/C11H14N2OS/c1-8(11(12)15)7-10(14)13-9-5-3-2-4-6-9/h2-6,8H,7H2,1H3,(H2,12,15)(H,13,14). The number of anilines is 1. The van der Waals surface area contributed by atoms with Gasteiger partial charge in [0.1, 0.15) is 0 Å². The van der Waals surface area contributed by atoms with Gasteiger partial charge in [-0.3, -0.25) is 4.79 Å². The minimum absolute atomic E-state index is 0.0660. The molecule has 1 aromatic rings. The maximum absolute atomic E-state index is 11.5. The van der Waals surface area contributed by atoms with E-state index in [0.29, 0.717) is 11.4 Å². The van der Waals surface area contributed by atoms with Gasteiger partial charge in [0.15, 0.2) is 0 Å². The van der Waals surface area contributed by atoms with E-state index in [9.17, 15) is 4.79 Å². The van der Waals surface area contributed by atoms with Crippen LogP contribution in [0.1, 0.15) is 13.3 Å². The minimum Gasteiger partial charge on any atom is -0.393 e. The Morgan fingerprint density at radius 2 is 2.07 bits per heavy atom. The van der Waals surface area contributed by atoms with Crippen LogP contribution in [-0.4, -0.2) is 10.9 Å². The van der Waals surface area contributed by atoms with Gasteiger partial charge in [0.05, 0.1) is 4.99 Å². The molecular formula is C11H14N2OS. The second kappa shape index (κ2) is 5.46. The maximum atomic E-state index is 11.5. The Balaban J connectivity index is 2.47. The molecule has 0 bridgehead atoms. The van der Waals surface area contributed by atoms with Gasteiger partial charge < -0.3 is 11.1 Å². The third kappa shape index (κ3) is 4.08. The lowest BCUT2D eigenvalue weighted by Crippen LogP contribution is -2.24. The molecule has 0 saturated carbocycles. The van der Waals surface area contributed by atoms with Crippen LogP contribution in [0.25, 0.3) is 0 Å². The van der Waals surface area contributed by atoms with E-state index in [-0.39, 0.29) is 11.8 Å². The van der Waals surface area contributed by atoms with Gasteiger partial charge in [-0.15, -0.1) is 0 Å². The SMILES string of the molecule is CC(CC(=O)Nc1ccccc1)C(N)=S. The number of nitrogens with two attached hydrogens (primary N) is 1. The van der Waals surface area contributed by atoms with Crippen molar-refractivity contribution in [3.05, 3.63) is 30.3 Å². The van der Waals surface area contributed by atoms with Crippen molar-refractivity contribution >= 4 is 28.8 Å². The zero-order valence-corrected chi connectivity index (χ0v) is 9.38. The third-order valence-corrected chi connectivity index (χ3v) is 2.44. The summed E-state index contributed by atoms with van der Waals surface area (Å²) in [5.74, 6) is -0.134. The minimum atomic E-state index is -0.0681. The first-order valence-corrected chi connectivity index (χ1v) is 5.14. The molecule has 0 aliphatic carbocycles.